The van der Waals surface area contributed by atoms with Crippen molar-refractivity contribution in [3.05, 3.63) is 48.6 Å². The fraction of sp³-hybridized carbons (Fsp3) is 0.810. The van der Waals surface area contributed by atoms with E-state index in [2.05, 4.69) is 81.5 Å². The van der Waals surface area contributed by atoms with Crippen molar-refractivity contribution >= 4 is 0 Å². The Hall–Kier alpha value is -1.12. The van der Waals surface area contributed by atoms with Crippen LogP contribution in [0.1, 0.15) is 187 Å². The van der Waals surface area contributed by atoms with Gasteiger partial charge in [0, 0.05) is 6.61 Å². The predicted octanol–water partition coefficient (Wildman–Crippen LogP) is 13.7. The molecule has 0 aromatic carbocycles. The van der Waals surface area contributed by atoms with Gasteiger partial charge < -0.3 is 9.64 Å². The van der Waals surface area contributed by atoms with Crippen LogP contribution in [-0.4, -0.2) is 38.3 Å². The smallest absolute Gasteiger partial charge is 0.0575 e. The van der Waals surface area contributed by atoms with Crippen molar-refractivity contribution < 1.29 is 4.74 Å². The number of unbranched alkanes of at least 4 members (excludes halogenated alkanes) is 20. The van der Waals surface area contributed by atoms with Crippen LogP contribution in [0.5, 0.6) is 0 Å². The van der Waals surface area contributed by atoms with Gasteiger partial charge in [0.05, 0.1) is 6.10 Å². The summed E-state index contributed by atoms with van der Waals surface area (Å²) < 4.78 is 6.39. The number of allylic oxidation sites excluding steroid dienone is 8. The van der Waals surface area contributed by atoms with Crippen LogP contribution in [0, 0.1) is 0 Å². The summed E-state index contributed by atoms with van der Waals surface area (Å²) in [5, 5.41) is 0. The van der Waals surface area contributed by atoms with Crippen molar-refractivity contribution in [1.29, 1.82) is 0 Å². The molecule has 0 radical (unpaired) electrons. The molecule has 2 nitrogen and oxygen atoms in total. The van der Waals surface area contributed by atoms with Crippen LogP contribution in [0.3, 0.4) is 0 Å². The van der Waals surface area contributed by atoms with Gasteiger partial charge >= 0.3 is 0 Å². The molecule has 0 aliphatic carbocycles. The zero-order valence-electron chi connectivity index (χ0n) is 30.6. The molecule has 0 atom stereocenters. The molecule has 0 fully saturated rings. The number of rotatable bonds is 35. The lowest BCUT2D eigenvalue weighted by Gasteiger charge is -2.19. The monoisotopic (exact) mass is 614 g/mol. The lowest BCUT2D eigenvalue weighted by Crippen LogP contribution is -2.18. The van der Waals surface area contributed by atoms with E-state index in [1.54, 1.807) is 0 Å². The summed E-state index contributed by atoms with van der Waals surface area (Å²) in [5.41, 5.74) is 0. The molecule has 0 unspecified atom stereocenters. The van der Waals surface area contributed by atoms with E-state index in [9.17, 15) is 0 Å². The first kappa shape index (κ1) is 42.9. The summed E-state index contributed by atoms with van der Waals surface area (Å²) in [6.45, 7) is 6.60. The zero-order chi connectivity index (χ0) is 32.0. The minimum atomic E-state index is 0.479. The maximum absolute atomic E-state index is 6.39. The Kier molecular flexibility index (Phi) is 37.1. The van der Waals surface area contributed by atoms with E-state index in [-0.39, 0.29) is 0 Å². The van der Waals surface area contributed by atoms with Gasteiger partial charge in [-0.3, -0.25) is 0 Å². The van der Waals surface area contributed by atoms with E-state index >= 15 is 0 Å². The summed E-state index contributed by atoms with van der Waals surface area (Å²) in [6.07, 6.45) is 54.8. The van der Waals surface area contributed by atoms with Gasteiger partial charge in [-0.2, -0.15) is 0 Å². The molecule has 258 valence electrons. The summed E-state index contributed by atoms with van der Waals surface area (Å²) in [6, 6.07) is 0. The lowest BCUT2D eigenvalue weighted by atomic mass is 10.0. The van der Waals surface area contributed by atoms with Crippen LogP contribution in [0.4, 0.5) is 0 Å². The normalized spacial score (nSPS) is 13.2. The Morgan fingerprint density at radius 3 is 1.14 bits per heavy atom. The van der Waals surface area contributed by atoms with Gasteiger partial charge in [0.15, 0.2) is 0 Å². The van der Waals surface area contributed by atoms with Gasteiger partial charge in [-0.1, -0.05) is 165 Å². The Morgan fingerprint density at radius 1 is 0.432 bits per heavy atom. The molecule has 0 saturated heterocycles. The van der Waals surface area contributed by atoms with Crippen molar-refractivity contribution in [2.24, 2.45) is 0 Å². The van der Waals surface area contributed by atoms with Crippen LogP contribution in [0.2, 0.25) is 0 Å². The molecule has 0 aromatic heterocycles. The highest BCUT2D eigenvalue weighted by Crippen LogP contribution is 2.18. The van der Waals surface area contributed by atoms with Crippen LogP contribution in [0.15, 0.2) is 48.6 Å². The highest BCUT2D eigenvalue weighted by atomic mass is 16.5. The molecule has 0 bridgehead atoms. The molecule has 0 aliphatic heterocycles. The molecule has 0 spiro atoms. The maximum Gasteiger partial charge on any atom is 0.0575 e. The number of hydrogen-bond acceptors (Lipinski definition) is 2. The molecule has 0 saturated carbocycles. The first-order chi connectivity index (χ1) is 21.7. The van der Waals surface area contributed by atoms with Gasteiger partial charge in [0.2, 0.25) is 0 Å². The van der Waals surface area contributed by atoms with E-state index < -0.39 is 0 Å². The van der Waals surface area contributed by atoms with Crippen LogP contribution in [0.25, 0.3) is 0 Å². The highest BCUT2D eigenvalue weighted by molar-refractivity contribution is 5.02. The maximum atomic E-state index is 6.39. The van der Waals surface area contributed by atoms with E-state index in [4.69, 9.17) is 4.74 Å². The van der Waals surface area contributed by atoms with Crippen molar-refractivity contribution in [2.75, 3.05) is 27.2 Å². The van der Waals surface area contributed by atoms with Gasteiger partial charge in [-0.25, -0.2) is 0 Å². The van der Waals surface area contributed by atoms with Crippen molar-refractivity contribution in [3.63, 3.8) is 0 Å². The second-order valence-corrected chi connectivity index (χ2v) is 13.5. The Morgan fingerprint density at radius 2 is 0.773 bits per heavy atom. The fourth-order valence-corrected chi connectivity index (χ4v) is 5.70. The van der Waals surface area contributed by atoms with Gasteiger partial charge in [-0.05, 0) is 91.3 Å². The summed E-state index contributed by atoms with van der Waals surface area (Å²) in [7, 11) is 4.32. The first-order valence-corrected chi connectivity index (χ1v) is 19.6. The average molecular weight is 614 g/mol. The molecular weight excluding hydrogens is 534 g/mol. The summed E-state index contributed by atoms with van der Waals surface area (Å²) in [5.74, 6) is 0. The Bertz CT molecular complexity index is 598. The standard InChI is InChI=1S/C42H79NO/c1-5-7-9-11-13-15-17-19-21-23-25-27-29-31-33-35-38-42(44-41-37-40-43(3)4)39-36-34-32-30-28-26-24-22-20-18-16-14-12-10-8-6-2/h15-22,42H,5-14,23-41H2,1-4H3. The third-order valence-electron chi connectivity index (χ3n) is 8.61. The second kappa shape index (κ2) is 38.1. The topological polar surface area (TPSA) is 12.5 Å². The van der Waals surface area contributed by atoms with Gasteiger partial charge in [-0.15, -0.1) is 0 Å². The number of ether oxygens (including phenoxy) is 1. The van der Waals surface area contributed by atoms with E-state index in [0.717, 1.165) is 19.6 Å². The molecule has 0 heterocycles. The van der Waals surface area contributed by atoms with Crippen LogP contribution >= 0.6 is 0 Å². The SMILES string of the molecule is CCCCCCC=CC=CCCCCCCCCC(CCCCCCCCC=CC=CCCCCCC)OCCCN(C)C. The second-order valence-electron chi connectivity index (χ2n) is 13.5. The van der Waals surface area contributed by atoms with E-state index in [1.807, 2.05) is 0 Å². The minimum absolute atomic E-state index is 0.479. The molecule has 0 N–H and O–H groups in total. The highest BCUT2D eigenvalue weighted by Gasteiger charge is 2.09. The average Bonchev–Trinajstić information content (AvgIpc) is 3.02. The largest absolute Gasteiger partial charge is 0.378 e. The summed E-state index contributed by atoms with van der Waals surface area (Å²) >= 11 is 0. The Balaban J connectivity index is 3.84. The molecule has 44 heavy (non-hydrogen) atoms. The van der Waals surface area contributed by atoms with Crippen molar-refractivity contribution in [1.82, 2.24) is 4.90 Å². The molecule has 0 aromatic rings. The predicted molar refractivity (Wildman–Crippen MR) is 201 cm³/mol. The molecule has 0 rings (SSSR count). The van der Waals surface area contributed by atoms with Crippen LogP contribution < -0.4 is 0 Å². The molecular formula is C42H79NO. The van der Waals surface area contributed by atoms with Crippen LogP contribution in [-0.2, 0) is 4.74 Å². The lowest BCUT2D eigenvalue weighted by molar-refractivity contribution is 0.0342. The Labute approximate surface area is 278 Å². The van der Waals surface area contributed by atoms with Gasteiger partial charge in [0.1, 0.15) is 0 Å². The van der Waals surface area contributed by atoms with E-state index in [0.29, 0.717) is 6.10 Å². The number of nitrogens with zero attached hydrogens (tertiary/aromatic N) is 1. The number of hydrogen-bond donors (Lipinski definition) is 0. The van der Waals surface area contributed by atoms with Crippen molar-refractivity contribution in [2.45, 2.75) is 193 Å². The zero-order valence-corrected chi connectivity index (χ0v) is 30.6. The molecule has 0 aliphatic rings. The molecule has 2 heteroatoms. The first-order valence-electron chi connectivity index (χ1n) is 19.6. The third kappa shape index (κ3) is 37.1. The molecule has 0 amide bonds. The van der Waals surface area contributed by atoms with Crippen molar-refractivity contribution in [3.8, 4) is 0 Å². The van der Waals surface area contributed by atoms with E-state index in [1.165, 1.54) is 167 Å². The minimum Gasteiger partial charge on any atom is -0.378 e. The quantitative estimate of drug-likeness (QED) is 0.0521. The van der Waals surface area contributed by atoms with Gasteiger partial charge in [0.25, 0.3) is 0 Å². The third-order valence-corrected chi connectivity index (χ3v) is 8.61. The summed E-state index contributed by atoms with van der Waals surface area (Å²) in [4.78, 5) is 2.27. The fourth-order valence-electron chi connectivity index (χ4n) is 5.70.